The summed E-state index contributed by atoms with van der Waals surface area (Å²) in [6.07, 6.45) is 2.49. The second kappa shape index (κ2) is 12.4. The third-order valence-corrected chi connectivity index (χ3v) is 6.38. The van der Waals surface area contributed by atoms with Gasteiger partial charge in [0.1, 0.15) is 13.2 Å². The molecule has 3 aromatic carbocycles. The van der Waals surface area contributed by atoms with Crippen LogP contribution in [0.4, 0.5) is 5.69 Å². The number of carbonyl (C=O) groups is 1. The highest BCUT2D eigenvalue weighted by Gasteiger charge is 2.20. The molecule has 0 heterocycles. The van der Waals surface area contributed by atoms with Crippen molar-refractivity contribution < 1.29 is 22.7 Å². The molecule has 10 heteroatoms. The van der Waals surface area contributed by atoms with E-state index in [-0.39, 0.29) is 0 Å². The number of nitrogens with one attached hydrogen (secondary N) is 1. The Balaban J connectivity index is 1.64. The lowest BCUT2D eigenvalue weighted by Crippen LogP contribution is -2.39. The largest absolute Gasteiger partial charge is 0.490 e. The zero-order valence-electron chi connectivity index (χ0n) is 19.3. The fourth-order valence-corrected chi connectivity index (χ4v) is 4.20. The average Bonchev–Trinajstić information content (AvgIpc) is 2.83. The predicted molar refractivity (Wildman–Crippen MR) is 140 cm³/mol. The predicted octanol–water partition coefficient (Wildman–Crippen LogP) is 4.34. The molecule has 0 atom stereocenters. The van der Waals surface area contributed by atoms with Gasteiger partial charge < -0.3 is 9.47 Å². The van der Waals surface area contributed by atoms with E-state index >= 15 is 0 Å². The molecule has 0 unspecified atom stereocenters. The average molecular weight is 560 g/mol. The van der Waals surface area contributed by atoms with E-state index in [2.05, 4.69) is 26.5 Å². The van der Waals surface area contributed by atoms with Gasteiger partial charge >= 0.3 is 0 Å². The maximum atomic E-state index is 12.4. The van der Waals surface area contributed by atoms with Crippen LogP contribution in [0.3, 0.4) is 0 Å². The zero-order chi connectivity index (χ0) is 25.3. The summed E-state index contributed by atoms with van der Waals surface area (Å²) < 4.78 is 37.8. The van der Waals surface area contributed by atoms with Crippen molar-refractivity contribution in [3.63, 3.8) is 0 Å². The van der Waals surface area contributed by atoms with Crippen molar-refractivity contribution in [1.82, 2.24) is 5.43 Å². The third-order valence-electron chi connectivity index (χ3n) is 4.71. The summed E-state index contributed by atoms with van der Waals surface area (Å²) in [6.45, 7) is 2.32. The number of rotatable bonds is 11. The lowest BCUT2D eigenvalue weighted by atomic mass is 10.2. The van der Waals surface area contributed by atoms with Gasteiger partial charge in [-0.3, -0.25) is 9.10 Å². The van der Waals surface area contributed by atoms with Crippen molar-refractivity contribution in [1.29, 1.82) is 0 Å². The van der Waals surface area contributed by atoms with Crippen LogP contribution in [0.25, 0.3) is 0 Å². The summed E-state index contributed by atoms with van der Waals surface area (Å²) >= 11 is 3.31. The highest BCUT2D eigenvalue weighted by molar-refractivity contribution is 9.10. The second-order valence-corrected chi connectivity index (χ2v) is 10.3. The maximum Gasteiger partial charge on any atom is 0.260 e. The molecule has 0 saturated carbocycles. The first-order valence-corrected chi connectivity index (χ1v) is 13.4. The quantitative estimate of drug-likeness (QED) is 0.278. The first kappa shape index (κ1) is 26.2. The molecule has 0 aliphatic carbocycles. The summed E-state index contributed by atoms with van der Waals surface area (Å²) in [5.74, 6) is 0.565. The molecule has 0 bridgehead atoms. The van der Waals surface area contributed by atoms with Gasteiger partial charge in [-0.15, -0.1) is 0 Å². The first-order valence-electron chi connectivity index (χ1n) is 10.7. The lowest BCUT2D eigenvalue weighted by molar-refractivity contribution is -0.119. The van der Waals surface area contributed by atoms with Crippen LogP contribution in [-0.4, -0.2) is 39.9 Å². The van der Waals surface area contributed by atoms with Gasteiger partial charge in [-0.2, -0.15) is 5.10 Å². The van der Waals surface area contributed by atoms with Crippen molar-refractivity contribution in [2.45, 2.75) is 13.5 Å². The molecule has 1 amide bonds. The SMILES string of the molecule is CCOc1cc(/C=N\NC(=O)CN(c2ccc(Br)cc2)S(C)(=O)=O)ccc1OCc1ccccc1. The Hall–Kier alpha value is -3.37. The van der Waals surface area contributed by atoms with E-state index in [4.69, 9.17) is 9.47 Å². The van der Waals surface area contributed by atoms with E-state index < -0.39 is 22.5 Å². The normalized spacial score (nSPS) is 11.3. The summed E-state index contributed by atoms with van der Waals surface area (Å²) in [7, 11) is -3.67. The van der Waals surface area contributed by atoms with Crippen LogP contribution in [0.5, 0.6) is 11.5 Å². The highest BCUT2D eigenvalue weighted by Crippen LogP contribution is 2.29. The molecule has 1 N–H and O–H groups in total. The molecule has 3 aromatic rings. The second-order valence-electron chi connectivity index (χ2n) is 7.45. The molecule has 35 heavy (non-hydrogen) atoms. The Morgan fingerprint density at radius 1 is 1.03 bits per heavy atom. The molecule has 0 fully saturated rings. The van der Waals surface area contributed by atoms with Gasteiger partial charge in [0.25, 0.3) is 5.91 Å². The minimum Gasteiger partial charge on any atom is -0.490 e. The summed E-state index contributed by atoms with van der Waals surface area (Å²) in [5, 5.41) is 3.96. The van der Waals surface area contributed by atoms with Crippen LogP contribution < -0.4 is 19.2 Å². The summed E-state index contributed by atoms with van der Waals surface area (Å²) in [6, 6.07) is 21.7. The Kier molecular flexibility index (Phi) is 9.27. The van der Waals surface area contributed by atoms with E-state index in [1.54, 1.807) is 42.5 Å². The molecule has 0 aromatic heterocycles. The van der Waals surface area contributed by atoms with Crippen LogP contribution in [0.1, 0.15) is 18.1 Å². The molecule has 3 rings (SSSR count). The number of benzene rings is 3. The molecule has 0 radical (unpaired) electrons. The van der Waals surface area contributed by atoms with E-state index in [0.717, 1.165) is 20.6 Å². The van der Waals surface area contributed by atoms with Gasteiger partial charge in [0.15, 0.2) is 11.5 Å². The van der Waals surface area contributed by atoms with Gasteiger partial charge in [0.05, 0.1) is 24.8 Å². The topological polar surface area (TPSA) is 97.3 Å². The number of sulfonamides is 1. The van der Waals surface area contributed by atoms with Gasteiger partial charge in [0, 0.05) is 4.47 Å². The molecule has 0 saturated heterocycles. The minimum absolute atomic E-state index is 0.377. The molecule has 0 aliphatic heterocycles. The van der Waals surface area contributed by atoms with Crippen molar-refractivity contribution in [2.24, 2.45) is 5.10 Å². The van der Waals surface area contributed by atoms with Crippen LogP contribution in [0.15, 0.2) is 82.4 Å². The number of hydrazone groups is 1. The number of anilines is 1. The highest BCUT2D eigenvalue weighted by atomic mass is 79.9. The number of amides is 1. The van der Waals surface area contributed by atoms with Crippen molar-refractivity contribution >= 4 is 43.8 Å². The molecule has 0 spiro atoms. The minimum atomic E-state index is -3.67. The summed E-state index contributed by atoms with van der Waals surface area (Å²) in [5.41, 5.74) is 4.46. The number of hydrogen-bond donors (Lipinski definition) is 1. The van der Waals surface area contributed by atoms with Crippen LogP contribution >= 0.6 is 15.9 Å². The van der Waals surface area contributed by atoms with E-state index in [9.17, 15) is 13.2 Å². The standard InChI is InChI=1S/C25H26BrN3O5S/c1-3-33-24-15-20(9-14-23(24)34-18-19-7-5-4-6-8-19)16-27-28-25(30)17-29(35(2,31)32)22-12-10-21(26)11-13-22/h4-16H,3,17-18H2,1-2H3,(H,28,30)/b27-16-. The Morgan fingerprint density at radius 2 is 1.74 bits per heavy atom. The molecule has 184 valence electrons. The number of nitrogens with zero attached hydrogens (tertiary/aromatic N) is 2. The number of halogens is 1. The van der Waals surface area contributed by atoms with Crippen LogP contribution in [0.2, 0.25) is 0 Å². The van der Waals surface area contributed by atoms with Crippen molar-refractivity contribution in [2.75, 3.05) is 23.7 Å². The number of carbonyl (C=O) groups excluding carboxylic acids is 1. The van der Waals surface area contributed by atoms with Gasteiger partial charge in [-0.05, 0) is 60.5 Å². The van der Waals surface area contributed by atoms with Gasteiger partial charge in [0.2, 0.25) is 10.0 Å². The third kappa shape index (κ3) is 8.11. The molecular formula is C25H26BrN3O5S. The Labute approximate surface area is 213 Å². The number of hydrogen-bond acceptors (Lipinski definition) is 6. The van der Waals surface area contributed by atoms with Crippen LogP contribution in [0, 0.1) is 0 Å². The first-order chi connectivity index (χ1) is 16.8. The zero-order valence-corrected chi connectivity index (χ0v) is 21.8. The van der Waals surface area contributed by atoms with E-state index in [1.165, 1.54) is 6.21 Å². The van der Waals surface area contributed by atoms with Crippen LogP contribution in [-0.2, 0) is 21.4 Å². The van der Waals surface area contributed by atoms with E-state index in [0.29, 0.717) is 36.0 Å². The molecule has 8 nitrogen and oxygen atoms in total. The molecule has 0 aliphatic rings. The monoisotopic (exact) mass is 559 g/mol. The Morgan fingerprint density at radius 3 is 2.40 bits per heavy atom. The smallest absolute Gasteiger partial charge is 0.260 e. The lowest BCUT2D eigenvalue weighted by Gasteiger charge is -2.21. The molecular weight excluding hydrogens is 534 g/mol. The van der Waals surface area contributed by atoms with Crippen molar-refractivity contribution in [3.05, 3.63) is 88.4 Å². The number of ether oxygens (including phenoxy) is 2. The summed E-state index contributed by atoms with van der Waals surface area (Å²) in [4.78, 5) is 12.4. The fraction of sp³-hybridized carbons (Fsp3) is 0.200. The van der Waals surface area contributed by atoms with E-state index in [1.807, 2.05) is 37.3 Å². The van der Waals surface area contributed by atoms with Crippen molar-refractivity contribution in [3.8, 4) is 11.5 Å². The maximum absolute atomic E-state index is 12.4. The fourth-order valence-electron chi connectivity index (χ4n) is 3.08. The van der Waals surface area contributed by atoms with Gasteiger partial charge in [-0.1, -0.05) is 46.3 Å². The van der Waals surface area contributed by atoms with Gasteiger partial charge in [-0.25, -0.2) is 13.8 Å². The Bertz CT molecular complexity index is 1270.